The zero-order chi connectivity index (χ0) is 14.5. The molecule has 0 bridgehead atoms. The van der Waals surface area contributed by atoms with Gasteiger partial charge in [0, 0.05) is 5.69 Å². The molecule has 2 rings (SSSR count). The Labute approximate surface area is 127 Å². The number of nitrogens with zero attached hydrogens (tertiary/aromatic N) is 3. The molecule has 0 saturated carbocycles. The Hall–Kier alpha value is -1.46. The number of para-hydroxylation sites is 1. The van der Waals surface area contributed by atoms with Gasteiger partial charge in [-0.25, -0.2) is 0 Å². The number of hydrogen-bond donors (Lipinski definition) is 0. The molecule has 1 amide bonds. The Kier molecular flexibility index (Phi) is 5.09. The van der Waals surface area contributed by atoms with E-state index >= 15 is 0 Å². The number of benzene rings is 1. The number of carbonyl (C=O) groups is 1. The molecule has 1 unspecified atom stereocenters. The molecule has 20 heavy (non-hydrogen) atoms. The predicted octanol–water partition coefficient (Wildman–Crippen LogP) is 3.40. The molecule has 106 valence electrons. The first-order valence-electron chi connectivity index (χ1n) is 6.39. The van der Waals surface area contributed by atoms with Gasteiger partial charge >= 0.3 is 0 Å². The van der Waals surface area contributed by atoms with Crippen molar-refractivity contribution >= 4 is 34.5 Å². The van der Waals surface area contributed by atoms with E-state index < -0.39 is 5.38 Å². The average Bonchev–Trinajstić information content (AvgIpc) is 2.97. The Morgan fingerprint density at radius 1 is 1.45 bits per heavy atom. The van der Waals surface area contributed by atoms with Crippen LogP contribution in [0.15, 0.2) is 29.8 Å². The highest BCUT2D eigenvalue weighted by molar-refractivity contribution is 7.09. The maximum absolute atomic E-state index is 12.5. The molecule has 0 aliphatic carbocycles. The summed E-state index contributed by atoms with van der Waals surface area (Å²) in [7, 11) is 0. The Balaban J connectivity index is 2.33. The lowest BCUT2D eigenvalue weighted by atomic mass is 10.1. The van der Waals surface area contributed by atoms with Crippen molar-refractivity contribution in [2.24, 2.45) is 0 Å². The van der Waals surface area contributed by atoms with Crippen molar-refractivity contribution in [2.45, 2.75) is 32.2 Å². The van der Waals surface area contributed by atoms with Gasteiger partial charge in [0.25, 0.3) is 0 Å². The third-order valence-corrected chi connectivity index (χ3v) is 4.17. The van der Waals surface area contributed by atoms with E-state index in [0.29, 0.717) is 13.0 Å². The van der Waals surface area contributed by atoms with Gasteiger partial charge in [-0.3, -0.25) is 4.79 Å². The fourth-order valence-electron chi connectivity index (χ4n) is 1.89. The zero-order valence-electron chi connectivity index (χ0n) is 11.4. The highest BCUT2D eigenvalue weighted by Crippen LogP contribution is 2.24. The SMILES string of the molecule is CCC(Cl)C(=O)N(Cc1nncs1)c1ccccc1C. The van der Waals surface area contributed by atoms with Crippen LogP contribution in [0.5, 0.6) is 0 Å². The lowest BCUT2D eigenvalue weighted by Crippen LogP contribution is -2.36. The minimum Gasteiger partial charge on any atom is -0.304 e. The van der Waals surface area contributed by atoms with E-state index in [9.17, 15) is 4.79 Å². The van der Waals surface area contributed by atoms with E-state index in [1.807, 2.05) is 38.1 Å². The molecule has 1 heterocycles. The van der Waals surface area contributed by atoms with Crippen molar-refractivity contribution < 1.29 is 4.79 Å². The molecular weight excluding hydrogens is 294 g/mol. The van der Waals surface area contributed by atoms with Crippen LogP contribution in [-0.2, 0) is 11.3 Å². The highest BCUT2D eigenvalue weighted by atomic mass is 35.5. The van der Waals surface area contributed by atoms with Gasteiger partial charge in [0.1, 0.15) is 15.9 Å². The fraction of sp³-hybridized carbons (Fsp3) is 0.357. The molecule has 2 aromatic rings. The molecule has 1 aromatic carbocycles. The summed E-state index contributed by atoms with van der Waals surface area (Å²) < 4.78 is 0. The van der Waals surface area contributed by atoms with Crippen LogP contribution in [0.25, 0.3) is 0 Å². The molecule has 0 aliphatic heterocycles. The van der Waals surface area contributed by atoms with Crippen LogP contribution in [-0.4, -0.2) is 21.5 Å². The zero-order valence-corrected chi connectivity index (χ0v) is 13.0. The maximum atomic E-state index is 12.5. The Morgan fingerprint density at radius 3 is 2.80 bits per heavy atom. The van der Waals surface area contributed by atoms with Gasteiger partial charge in [-0.2, -0.15) is 0 Å². The van der Waals surface area contributed by atoms with Gasteiger partial charge in [0.05, 0.1) is 6.54 Å². The van der Waals surface area contributed by atoms with Crippen molar-refractivity contribution in [3.8, 4) is 0 Å². The van der Waals surface area contributed by atoms with E-state index in [-0.39, 0.29) is 5.91 Å². The van der Waals surface area contributed by atoms with E-state index in [4.69, 9.17) is 11.6 Å². The van der Waals surface area contributed by atoms with Gasteiger partial charge < -0.3 is 4.90 Å². The lowest BCUT2D eigenvalue weighted by Gasteiger charge is -2.25. The molecule has 0 aliphatic rings. The first kappa shape index (κ1) is 14.9. The molecule has 1 atom stereocenters. The van der Waals surface area contributed by atoms with Crippen molar-refractivity contribution in [3.63, 3.8) is 0 Å². The van der Waals surface area contributed by atoms with Gasteiger partial charge in [-0.15, -0.1) is 33.1 Å². The van der Waals surface area contributed by atoms with Crippen molar-refractivity contribution in [1.29, 1.82) is 0 Å². The largest absolute Gasteiger partial charge is 0.304 e. The normalized spacial score (nSPS) is 12.2. The van der Waals surface area contributed by atoms with Crippen LogP contribution in [0.4, 0.5) is 5.69 Å². The number of hydrogen-bond acceptors (Lipinski definition) is 4. The minimum atomic E-state index is -0.525. The standard InChI is InChI=1S/C14H16ClN3OS/c1-3-11(15)14(19)18(8-13-17-16-9-20-13)12-7-5-4-6-10(12)2/h4-7,9,11H,3,8H2,1-2H3. The second kappa shape index (κ2) is 6.81. The fourth-order valence-corrected chi connectivity index (χ4v) is 2.52. The Morgan fingerprint density at radius 2 is 2.20 bits per heavy atom. The van der Waals surface area contributed by atoms with Crippen LogP contribution < -0.4 is 4.90 Å². The summed E-state index contributed by atoms with van der Waals surface area (Å²) in [5, 5.41) is 8.09. The third-order valence-electron chi connectivity index (χ3n) is 3.00. The van der Waals surface area contributed by atoms with Crippen molar-refractivity contribution in [2.75, 3.05) is 4.90 Å². The molecule has 6 heteroatoms. The van der Waals surface area contributed by atoms with Crippen LogP contribution >= 0.6 is 22.9 Å². The van der Waals surface area contributed by atoms with Crippen molar-refractivity contribution in [3.05, 3.63) is 40.3 Å². The van der Waals surface area contributed by atoms with Gasteiger partial charge in [0.15, 0.2) is 0 Å². The van der Waals surface area contributed by atoms with Gasteiger partial charge in [-0.05, 0) is 25.0 Å². The molecule has 0 radical (unpaired) electrons. The molecule has 0 spiro atoms. The van der Waals surface area contributed by atoms with Gasteiger partial charge in [0.2, 0.25) is 5.91 Å². The monoisotopic (exact) mass is 309 g/mol. The number of rotatable bonds is 5. The second-order valence-corrected chi connectivity index (χ2v) is 5.86. The smallest absolute Gasteiger partial charge is 0.245 e. The number of aryl methyl sites for hydroxylation is 1. The molecule has 0 fully saturated rings. The summed E-state index contributed by atoms with van der Waals surface area (Å²) >= 11 is 7.56. The van der Waals surface area contributed by atoms with Crippen molar-refractivity contribution in [1.82, 2.24) is 10.2 Å². The summed E-state index contributed by atoms with van der Waals surface area (Å²) in [6, 6.07) is 7.76. The second-order valence-electron chi connectivity index (χ2n) is 4.42. The molecular formula is C14H16ClN3OS. The first-order valence-corrected chi connectivity index (χ1v) is 7.71. The summed E-state index contributed by atoms with van der Waals surface area (Å²) in [5.74, 6) is -0.0985. The summed E-state index contributed by atoms with van der Waals surface area (Å²) in [6.45, 7) is 4.28. The lowest BCUT2D eigenvalue weighted by molar-refractivity contribution is -0.118. The van der Waals surface area contributed by atoms with Gasteiger partial charge in [-0.1, -0.05) is 25.1 Å². The van der Waals surface area contributed by atoms with E-state index in [1.165, 1.54) is 11.3 Å². The summed E-state index contributed by atoms with van der Waals surface area (Å²) in [5.41, 5.74) is 3.56. The van der Waals surface area contributed by atoms with E-state index in [0.717, 1.165) is 16.3 Å². The number of halogens is 1. The Bertz CT molecular complexity index is 574. The van der Waals surface area contributed by atoms with E-state index in [2.05, 4.69) is 10.2 Å². The minimum absolute atomic E-state index is 0.0985. The van der Waals surface area contributed by atoms with E-state index in [1.54, 1.807) is 10.4 Å². The number of anilines is 1. The molecule has 1 aromatic heterocycles. The quantitative estimate of drug-likeness (QED) is 0.795. The summed E-state index contributed by atoms with van der Waals surface area (Å²) in [6.07, 6.45) is 0.596. The van der Waals surface area contributed by atoms with Crippen LogP contribution in [0, 0.1) is 6.92 Å². The molecule has 0 saturated heterocycles. The number of carbonyl (C=O) groups excluding carboxylic acids is 1. The first-order chi connectivity index (χ1) is 9.63. The van der Waals surface area contributed by atoms with Crippen LogP contribution in [0.2, 0.25) is 0 Å². The van der Waals surface area contributed by atoms with Crippen LogP contribution in [0.3, 0.4) is 0 Å². The number of alkyl halides is 1. The molecule has 0 N–H and O–H groups in total. The van der Waals surface area contributed by atoms with Crippen LogP contribution in [0.1, 0.15) is 23.9 Å². The molecule has 4 nitrogen and oxygen atoms in total. The average molecular weight is 310 g/mol. The number of aromatic nitrogens is 2. The summed E-state index contributed by atoms with van der Waals surface area (Å²) in [4.78, 5) is 14.2. The highest BCUT2D eigenvalue weighted by Gasteiger charge is 2.24. The topological polar surface area (TPSA) is 46.1 Å². The number of amides is 1. The maximum Gasteiger partial charge on any atom is 0.245 e. The predicted molar refractivity (Wildman–Crippen MR) is 82.2 cm³/mol. The third kappa shape index (κ3) is 3.35.